The van der Waals surface area contributed by atoms with E-state index < -0.39 is 11.2 Å². The first-order valence-electron chi connectivity index (χ1n) is 6.35. The van der Waals surface area contributed by atoms with Crippen LogP contribution in [-0.4, -0.2) is 27.7 Å². The van der Waals surface area contributed by atoms with Crippen molar-refractivity contribution in [2.75, 3.05) is 13.1 Å². The summed E-state index contributed by atoms with van der Waals surface area (Å²) in [4.78, 5) is 27.2. The Labute approximate surface area is 108 Å². The lowest BCUT2D eigenvalue weighted by Crippen LogP contribution is -2.42. The lowest BCUT2D eigenvalue weighted by molar-refractivity contribution is 0.351. The molecule has 0 atom stereocenters. The molecule has 1 aliphatic rings. The van der Waals surface area contributed by atoms with E-state index in [4.69, 9.17) is 0 Å². The van der Waals surface area contributed by atoms with E-state index in [1.54, 1.807) is 12.1 Å². The van der Waals surface area contributed by atoms with Crippen molar-refractivity contribution >= 4 is 10.9 Å². The van der Waals surface area contributed by atoms with Crippen LogP contribution < -0.4 is 16.6 Å². The molecule has 3 rings (SSSR count). The smallest absolute Gasteiger partial charge is 0.329 e. The first kappa shape index (κ1) is 12.0. The van der Waals surface area contributed by atoms with Crippen LogP contribution in [-0.2, 0) is 0 Å². The third kappa shape index (κ3) is 1.94. The van der Waals surface area contributed by atoms with Crippen molar-refractivity contribution in [3.05, 3.63) is 39.0 Å². The fourth-order valence-corrected chi connectivity index (χ4v) is 2.65. The van der Waals surface area contributed by atoms with Crippen molar-refractivity contribution in [1.82, 2.24) is 14.9 Å². The third-order valence-electron chi connectivity index (χ3n) is 3.61. The number of aromatic amines is 1. The monoisotopic (exact) mass is 261 g/mol. The summed E-state index contributed by atoms with van der Waals surface area (Å²) in [6, 6.07) is 4.56. The topological polar surface area (TPSA) is 87.1 Å². The second kappa shape index (κ2) is 4.55. The number of benzene rings is 1. The molecule has 0 unspecified atom stereocenters. The standard InChI is InChI=1S/C13H15N3O3/c17-10-3-1-2-9-11(10)12(18)16(13(19)15-9)8-4-6-14-7-5-8/h1-3,8,14,17H,4-7H2,(H,15,19). The van der Waals surface area contributed by atoms with Gasteiger partial charge in [-0.25, -0.2) is 4.79 Å². The van der Waals surface area contributed by atoms with E-state index in [9.17, 15) is 14.7 Å². The van der Waals surface area contributed by atoms with Crippen molar-refractivity contribution in [3.63, 3.8) is 0 Å². The molecule has 1 aromatic heterocycles. The van der Waals surface area contributed by atoms with Crippen LogP contribution in [0.3, 0.4) is 0 Å². The van der Waals surface area contributed by atoms with Crippen molar-refractivity contribution in [2.24, 2.45) is 0 Å². The number of nitrogens with one attached hydrogen (secondary N) is 2. The largest absolute Gasteiger partial charge is 0.507 e. The van der Waals surface area contributed by atoms with Gasteiger partial charge in [-0.15, -0.1) is 0 Å². The summed E-state index contributed by atoms with van der Waals surface area (Å²) in [5.41, 5.74) is -0.445. The molecule has 2 aromatic rings. The van der Waals surface area contributed by atoms with Crippen LogP contribution in [0.5, 0.6) is 5.75 Å². The van der Waals surface area contributed by atoms with Crippen molar-refractivity contribution in [2.45, 2.75) is 18.9 Å². The van der Waals surface area contributed by atoms with Crippen molar-refractivity contribution < 1.29 is 5.11 Å². The number of rotatable bonds is 1. The molecular formula is C13H15N3O3. The highest BCUT2D eigenvalue weighted by atomic mass is 16.3. The van der Waals surface area contributed by atoms with Crippen LogP contribution in [0.1, 0.15) is 18.9 Å². The fraction of sp³-hybridized carbons (Fsp3) is 0.385. The van der Waals surface area contributed by atoms with Gasteiger partial charge in [0.25, 0.3) is 5.56 Å². The highest BCUT2D eigenvalue weighted by molar-refractivity contribution is 5.83. The minimum Gasteiger partial charge on any atom is -0.507 e. The van der Waals surface area contributed by atoms with Crippen LogP contribution in [0.2, 0.25) is 0 Å². The molecule has 19 heavy (non-hydrogen) atoms. The predicted molar refractivity (Wildman–Crippen MR) is 71.6 cm³/mol. The molecule has 3 N–H and O–H groups in total. The average molecular weight is 261 g/mol. The molecule has 1 aromatic carbocycles. The molecular weight excluding hydrogens is 246 g/mol. The molecule has 1 saturated heterocycles. The summed E-state index contributed by atoms with van der Waals surface area (Å²) in [5.74, 6) is -0.0959. The number of hydrogen-bond donors (Lipinski definition) is 3. The van der Waals surface area contributed by atoms with Gasteiger partial charge in [0.2, 0.25) is 0 Å². The summed E-state index contributed by atoms with van der Waals surface area (Å²) in [7, 11) is 0. The van der Waals surface area contributed by atoms with E-state index >= 15 is 0 Å². The maximum absolute atomic E-state index is 12.4. The number of H-pyrrole nitrogens is 1. The Kier molecular flexibility index (Phi) is 2.87. The van der Waals surface area contributed by atoms with E-state index in [-0.39, 0.29) is 17.2 Å². The van der Waals surface area contributed by atoms with Gasteiger partial charge in [-0.05, 0) is 38.1 Å². The SMILES string of the molecule is O=c1[nH]c2cccc(O)c2c(=O)n1C1CCNCC1. The molecule has 0 spiro atoms. The van der Waals surface area contributed by atoms with Gasteiger partial charge in [0.1, 0.15) is 11.1 Å². The zero-order valence-electron chi connectivity index (χ0n) is 10.3. The van der Waals surface area contributed by atoms with Crippen LogP contribution in [0.15, 0.2) is 27.8 Å². The Balaban J connectivity index is 2.27. The van der Waals surface area contributed by atoms with Crippen LogP contribution >= 0.6 is 0 Å². The number of hydrogen-bond acceptors (Lipinski definition) is 4. The first-order chi connectivity index (χ1) is 9.18. The molecule has 6 heteroatoms. The Bertz CT molecular complexity index is 726. The molecule has 1 aliphatic heterocycles. The molecule has 1 fully saturated rings. The molecule has 0 bridgehead atoms. The highest BCUT2D eigenvalue weighted by Crippen LogP contribution is 2.20. The zero-order valence-corrected chi connectivity index (χ0v) is 10.3. The lowest BCUT2D eigenvalue weighted by atomic mass is 10.1. The second-order valence-corrected chi connectivity index (χ2v) is 4.79. The van der Waals surface area contributed by atoms with E-state index in [0.717, 1.165) is 25.9 Å². The second-order valence-electron chi connectivity index (χ2n) is 4.79. The average Bonchev–Trinajstić information content (AvgIpc) is 2.39. The van der Waals surface area contributed by atoms with Gasteiger partial charge in [-0.2, -0.15) is 0 Å². The zero-order chi connectivity index (χ0) is 13.4. The van der Waals surface area contributed by atoms with Crippen LogP contribution in [0.25, 0.3) is 10.9 Å². The molecule has 2 heterocycles. The third-order valence-corrected chi connectivity index (χ3v) is 3.61. The summed E-state index contributed by atoms with van der Waals surface area (Å²) in [5, 5.41) is 13.2. The van der Waals surface area contributed by atoms with Crippen LogP contribution in [0.4, 0.5) is 0 Å². The van der Waals surface area contributed by atoms with E-state index in [1.165, 1.54) is 10.6 Å². The summed E-state index contributed by atoms with van der Waals surface area (Å²) in [6.45, 7) is 1.57. The number of aromatic nitrogens is 2. The molecule has 0 radical (unpaired) electrons. The first-order valence-corrected chi connectivity index (χ1v) is 6.35. The lowest BCUT2D eigenvalue weighted by Gasteiger charge is -2.24. The Hall–Kier alpha value is -2.08. The summed E-state index contributed by atoms with van der Waals surface area (Å²) < 4.78 is 1.24. The summed E-state index contributed by atoms with van der Waals surface area (Å²) >= 11 is 0. The number of fused-ring (bicyclic) bond motifs is 1. The number of phenols is 1. The van der Waals surface area contributed by atoms with E-state index in [1.807, 2.05) is 0 Å². The normalized spacial score (nSPS) is 16.8. The number of nitrogens with zero attached hydrogens (tertiary/aromatic N) is 1. The van der Waals surface area contributed by atoms with Gasteiger partial charge in [0.15, 0.2) is 0 Å². The van der Waals surface area contributed by atoms with Gasteiger partial charge in [-0.3, -0.25) is 9.36 Å². The molecule has 6 nitrogen and oxygen atoms in total. The molecule has 0 amide bonds. The van der Waals surface area contributed by atoms with Crippen LogP contribution in [0, 0.1) is 0 Å². The van der Waals surface area contributed by atoms with Crippen molar-refractivity contribution in [1.29, 1.82) is 0 Å². The molecule has 100 valence electrons. The molecule has 0 saturated carbocycles. The maximum Gasteiger partial charge on any atom is 0.329 e. The van der Waals surface area contributed by atoms with Gasteiger partial charge >= 0.3 is 5.69 Å². The Morgan fingerprint density at radius 2 is 1.95 bits per heavy atom. The predicted octanol–water partition coefficient (Wildman–Crippen LogP) is 0.320. The number of piperidine rings is 1. The number of aromatic hydroxyl groups is 1. The quantitative estimate of drug-likeness (QED) is 0.690. The van der Waals surface area contributed by atoms with Gasteiger partial charge < -0.3 is 15.4 Å². The van der Waals surface area contributed by atoms with E-state index in [0.29, 0.717) is 5.52 Å². The van der Waals surface area contributed by atoms with Gasteiger partial charge in [0, 0.05) is 6.04 Å². The Morgan fingerprint density at radius 3 is 2.68 bits per heavy atom. The Morgan fingerprint density at radius 1 is 1.21 bits per heavy atom. The highest BCUT2D eigenvalue weighted by Gasteiger charge is 2.20. The minimum atomic E-state index is -0.413. The fourth-order valence-electron chi connectivity index (χ4n) is 2.65. The van der Waals surface area contributed by atoms with Crippen molar-refractivity contribution in [3.8, 4) is 5.75 Å². The van der Waals surface area contributed by atoms with Gasteiger partial charge in [0.05, 0.1) is 5.52 Å². The minimum absolute atomic E-state index is 0.0959. The molecule has 0 aliphatic carbocycles. The summed E-state index contributed by atoms with van der Waals surface area (Å²) in [6.07, 6.45) is 1.48. The number of phenolic OH excluding ortho intramolecular Hbond substituents is 1. The van der Waals surface area contributed by atoms with Gasteiger partial charge in [-0.1, -0.05) is 6.07 Å². The van der Waals surface area contributed by atoms with E-state index in [2.05, 4.69) is 10.3 Å². The maximum atomic E-state index is 12.4.